The SMILES string of the molecule is Cc1ccc(NC(=O)C2CCN(C3=NS(=O)(=O)c4ccccc43)CC2)c(Br)c1. The summed E-state index contributed by atoms with van der Waals surface area (Å²) in [5.41, 5.74) is 2.53. The number of amides is 1. The van der Waals surface area contributed by atoms with Crippen LogP contribution in [0.25, 0.3) is 0 Å². The third-order valence-electron chi connectivity index (χ3n) is 5.16. The third-order valence-corrected chi connectivity index (χ3v) is 7.14. The summed E-state index contributed by atoms with van der Waals surface area (Å²) in [5, 5.41) is 2.99. The zero-order chi connectivity index (χ0) is 19.9. The van der Waals surface area contributed by atoms with Gasteiger partial charge < -0.3 is 10.2 Å². The van der Waals surface area contributed by atoms with Crippen molar-refractivity contribution >= 4 is 43.4 Å². The Morgan fingerprint density at radius 1 is 1.18 bits per heavy atom. The van der Waals surface area contributed by atoms with E-state index in [4.69, 9.17) is 0 Å². The van der Waals surface area contributed by atoms with Crippen LogP contribution in [0.1, 0.15) is 24.0 Å². The van der Waals surface area contributed by atoms with Crippen LogP contribution in [0.15, 0.2) is 56.2 Å². The Morgan fingerprint density at radius 3 is 2.61 bits per heavy atom. The highest BCUT2D eigenvalue weighted by Crippen LogP contribution is 2.30. The fraction of sp³-hybridized carbons (Fsp3) is 0.300. The van der Waals surface area contributed by atoms with Crippen LogP contribution in [0, 0.1) is 12.8 Å². The molecule has 1 fully saturated rings. The number of carbonyl (C=O) groups is 1. The van der Waals surface area contributed by atoms with Crippen molar-refractivity contribution in [1.82, 2.24) is 4.90 Å². The average Bonchev–Trinajstić information content (AvgIpc) is 2.96. The van der Waals surface area contributed by atoms with Gasteiger partial charge >= 0.3 is 0 Å². The van der Waals surface area contributed by atoms with Gasteiger partial charge in [-0.05, 0) is 65.5 Å². The van der Waals surface area contributed by atoms with Gasteiger partial charge in [0, 0.05) is 29.0 Å². The highest BCUT2D eigenvalue weighted by Gasteiger charge is 2.34. The minimum Gasteiger partial charge on any atom is -0.355 e. The van der Waals surface area contributed by atoms with Crippen LogP contribution in [-0.4, -0.2) is 38.2 Å². The Labute approximate surface area is 172 Å². The molecule has 146 valence electrons. The Balaban J connectivity index is 1.43. The molecule has 0 radical (unpaired) electrons. The summed E-state index contributed by atoms with van der Waals surface area (Å²) in [7, 11) is -3.62. The minimum absolute atomic E-state index is 0.00872. The standard InChI is InChI=1S/C20H20BrN3O3S/c1-13-6-7-17(16(21)12-13)22-20(25)14-8-10-24(11-9-14)19-15-4-2-3-5-18(15)28(26,27)23-19/h2-7,12,14H,8-11H2,1H3,(H,22,25). The van der Waals surface area contributed by atoms with E-state index in [1.54, 1.807) is 18.2 Å². The van der Waals surface area contributed by atoms with E-state index in [-0.39, 0.29) is 16.7 Å². The van der Waals surface area contributed by atoms with Gasteiger partial charge in [-0.2, -0.15) is 8.42 Å². The topological polar surface area (TPSA) is 78.8 Å². The second-order valence-corrected chi connectivity index (χ2v) is 9.55. The lowest BCUT2D eigenvalue weighted by atomic mass is 9.95. The first-order valence-corrected chi connectivity index (χ1v) is 11.3. The van der Waals surface area contributed by atoms with Crippen molar-refractivity contribution in [2.75, 3.05) is 18.4 Å². The Bertz CT molecular complexity index is 1070. The number of aryl methyl sites for hydroxylation is 1. The maximum atomic E-state index is 12.7. The van der Waals surface area contributed by atoms with Gasteiger partial charge in [-0.1, -0.05) is 18.2 Å². The fourth-order valence-electron chi connectivity index (χ4n) is 3.63. The van der Waals surface area contributed by atoms with E-state index < -0.39 is 10.0 Å². The second-order valence-electron chi connectivity index (χ2n) is 7.12. The van der Waals surface area contributed by atoms with Gasteiger partial charge in [0.05, 0.1) is 5.69 Å². The van der Waals surface area contributed by atoms with Gasteiger partial charge in [-0.3, -0.25) is 4.79 Å². The zero-order valence-electron chi connectivity index (χ0n) is 15.4. The van der Waals surface area contributed by atoms with Crippen molar-refractivity contribution in [3.8, 4) is 0 Å². The van der Waals surface area contributed by atoms with Crippen molar-refractivity contribution < 1.29 is 13.2 Å². The first-order chi connectivity index (χ1) is 13.3. The lowest BCUT2D eigenvalue weighted by Crippen LogP contribution is -2.41. The molecule has 28 heavy (non-hydrogen) atoms. The molecule has 2 aromatic rings. The van der Waals surface area contributed by atoms with E-state index in [0.29, 0.717) is 37.3 Å². The monoisotopic (exact) mass is 461 g/mol. The van der Waals surface area contributed by atoms with Crippen LogP contribution < -0.4 is 5.32 Å². The molecular formula is C20H20BrN3O3S. The molecule has 2 aliphatic rings. The van der Waals surface area contributed by atoms with E-state index in [2.05, 4.69) is 25.6 Å². The van der Waals surface area contributed by atoms with E-state index in [0.717, 1.165) is 15.7 Å². The number of carbonyl (C=O) groups excluding carboxylic acids is 1. The molecule has 1 N–H and O–H groups in total. The molecule has 0 spiro atoms. The van der Waals surface area contributed by atoms with Crippen molar-refractivity contribution in [2.45, 2.75) is 24.7 Å². The van der Waals surface area contributed by atoms with E-state index >= 15 is 0 Å². The summed E-state index contributed by atoms with van der Waals surface area (Å²) < 4.78 is 29.3. The average molecular weight is 462 g/mol. The lowest BCUT2D eigenvalue weighted by molar-refractivity contribution is -0.121. The first-order valence-electron chi connectivity index (χ1n) is 9.11. The number of fused-ring (bicyclic) bond motifs is 1. The summed E-state index contributed by atoms with van der Waals surface area (Å²) in [6.07, 6.45) is 1.30. The summed E-state index contributed by atoms with van der Waals surface area (Å²) >= 11 is 3.48. The lowest BCUT2D eigenvalue weighted by Gasteiger charge is -2.32. The van der Waals surface area contributed by atoms with Gasteiger partial charge in [0.2, 0.25) is 5.91 Å². The normalized spacial score (nSPS) is 18.5. The van der Waals surface area contributed by atoms with Crippen LogP contribution >= 0.6 is 15.9 Å². The van der Waals surface area contributed by atoms with Crippen molar-refractivity contribution in [3.05, 3.63) is 58.1 Å². The molecule has 0 saturated carbocycles. The second kappa shape index (κ2) is 7.33. The molecule has 6 nitrogen and oxygen atoms in total. The van der Waals surface area contributed by atoms with Crippen LogP contribution in [0.5, 0.6) is 0 Å². The van der Waals surface area contributed by atoms with Gasteiger partial charge in [-0.25, -0.2) is 0 Å². The number of likely N-dealkylation sites (tertiary alicyclic amines) is 1. The Morgan fingerprint density at radius 2 is 1.89 bits per heavy atom. The molecule has 2 aromatic carbocycles. The number of halogens is 1. The van der Waals surface area contributed by atoms with Gasteiger partial charge in [0.15, 0.2) is 5.84 Å². The number of hydrogen-bond acceptors (Lipinski definition) is 4. The van der Waals surface area contributed by atoms with E-state index in [1.807, 2.05) is 36.1 Å². The fourth-order valence-corrected chi connectivity index (χ4v) is 5.45. The molecule has 1 amide bonds. The molecule has 0 bridgehead atoms. The molecule has 2 heterocycles. The van der Waals surface area contributed by atoms with E-state index in [1.165, 1.54) is 0 Å². The molecule has 0 atom stereocenters. The molecular weight excluding hydrogens is 442 g/mol. The number of anilines is 1. The van der Waals surface area contributed by atoms with Crippen LogP contribution in [0.2, 0.25) is 0 Å². The molecule has 0 aliphatic carbocycles. The number of nitrogens with zero attached hydrogens (tertiary/aromatic N) is 2. The maximum Gasteiger partial charge on any atom is 0.285 e. The molecule has 8 heteroatoms. The number of sulfonamides is 1. The summed E-state index contributed by atoms with van der Waals surface area (Å²) in [5.74, 6) is 0.375. The number of piperidine rings is 1. The van der Waals surface area contributed by atoms with Crippen LogP contribution in [-0.2, 0) is 14.8 Å². The van der Waals surface area contributed by atoms with Crippen LogP contribution in [0.4, 0.5) is 5.69 Å². The van der Waals surface area contributed by atoms with E-state index in [9.17, 15) is 13.2 Å². The summed E-state index contributed by atoms with van der Waals surface area (Å²) in [6.45, 7) is 3.18. The van der Waals surface area contributed by atoms with Gasteiger partial charge in [0.1, 0.15) is 4.90 Å². The van der Waals surface area contributed by atoms with Crippen molar-refractivity contribution in [1.29, 1.82) is 0 Å². The predicted molar refractivity (Wildman–Crippen MR) is 112 cm³/mol. The summed E-state index contributed by atoms with van der Waals surface area (Å²) in [6, 6.07) is 12.7. The first kappa shape index (κ1) is 19.1. The third kappa shape index (κ3) is 3.58. The zero-order valence-corrected chi connectivity index (χ0v) is 17.8. The predicted octanol–water partition coefficient (Wildman–Crippen LogP) is 3.56. The maximum absolute atomic E-state index is 12.7. The Kier molecular flexibility index (Phi) is 5.01. The van der Waals surface area contributed by atoms with Gasteiger partial charge in [0.25, 0.3) is 10.0 Å². The summed E-state index contributed by atoms with van der Waals surface area (Å²) in [4.78, 5) is 14.9. The highest BCUT2D eigenvalue weighted by molar-refractivity contribution is 9.10. The Hall–Kier alpha value is -2.19. The molecule has 4 rings (SSSR count). The molecule has 2 aliphatic heterocycles. The highest BCUT2D eigenvalue weighted by atomic mass is 79.9. The minimum atomic E-state index is -3.62. The van der Waals surface area contributed by atoms with Gasteiger partial charge in [-0.15, -0.1) is 4.40 Å². The molecule has 0 unspecified atom stereocenters. The molecule has 0 aromatic heterocycles. The quantitative estimate of drug-likeness (QED) is 0.741. The number of amidine groups is 1. The van der Waals surface area contributed by atoms with Crippen LogP contribution in [0.3, 0.4) is 0 Å². The smallest absolute Gasteiger partial charge is 0.285 e. The number of hydrogen-bond donors (Lipinski definition) is 1. The number of rotatable bonds is 2. The number of nitrogens with one attached hydrogen (secondary N) is 1. The largest absolute Gasteiger partial charge is 0.355 e. The van der Waals surface area contributed by atoms with Crippen molar-refractivity contribution in [3.63, 3.8) is 0 Å². The van der Waals surface area contributed by atoms with Crippen molar-refractivity contribution in [2.24, 2.45) is 10.3 Å². The molecule has 1 saturated heterocycles. The number of benzene rings is 2.